The minimum absolute atomic E-state index is 0.0256. The Morgan fingerprint density at radius 1 is 1.50 bits per heavy atom. The molecule has 18 heavy (non-hydrogen) atoms. The Balaban J connectivity index is 2.39. The number of nitrogen functional groups attached to an aromatic ring is 1. The van der Waals surface area contributed by atoms with Gasteiger partial charge in [0.05, 0.1) is 17.8 Å². The van der Waals surface area contributed by atoms with Crippen molar-refractivity contribution in [3.63, 3.8) is 0 Å². The summed E-state index contributed by atoms with van der Waals surface area (Å²) in [7, 11) is 0. The lowest BCUT2D eigenvalue weighted by molar-refractivity contribution is -0.117. The van der Waals surface area contributed by atoms with Crippen LogP contribution in [0.25, 0.3) is 0 Å². The van der Waals surface area contributed by atoms with Crippen LogP contribution in [0.15, 0.2) is 12.1 Å². The molecule has 1 atom stereocenters. The summed E-state index contributed by atoms with van der Waals surface area (Å²) >= 11 is 0. The van der Waals surface area contributed by atoms with E-state index in [-0.39, 0.29) is 12.0 Å². The van der Waals surface area contributed by atoms with Gasteiger partial charge in [-0.1, -0.05) is 13.8 Å². The lowest BCUT2D eigenvalue weighted by Crippen LogP contribution is -2.17. The smallest absolute Gasteiger partial charge is 0.228 e. The van der Waals surface area contributed by atoms with Crippen LogP contribution in [0.2, 0.25) is 0 Å². The molecule has 1 heterocycles. The van der Waals surface area contributed by atoms with Crippen LogP contribution < -0.4 is 15.8 Å². The third kappa shape index (κ3) is 2.75. The molecule has 0 spiro atoms. The Morgan fingerprint density at radius 3 is 2.89 bits per heavy atom. The standard InChI is InChI=1S/C14H20N2O2/c1-8(2)4-10-6-11(15)14-12(7-10)16-13(17)5-9(3)18-14/h6-9H,4-5,15H2,1-3H3,(H,16,17). The van der Waals surface area contributed by atoms with Crippen LogP contribution in [-0.4, -0.2) is 12.0 Å². The molecular formula is C14H20N2O2. The van der Waals surface area contributed by atoms with Gasteiger partial charge in [-0.2, -0.15) is 0 Å². The van der Waals surface area contributed by atoms with E-state index in [1.54, 1.807) is 0 Å². The first-order valence-electron chi connectivity index (χ1n) is 6.34. The highest BCUT2D eigenvalue weighted by Gasteiger charge is 2.21. The minimum atomic E-state index is -0.149. The van der Waals surface area contributed by atoms with Crippen molar-refractivity contribution in [1.82, 2.24) is 0 Å². The first kappa shape index (κ1) is 12.7. The summed E-state index contributed by atoms with van der Waals surface area (Å²) in [6, 6.07) is 3.89. The quantitative estimate of drug-likeness (QED) is 0.791. The average Bonchev–Trinajstić information content (AvgIpc) is 2.35. The number of amides is 1. The molecule has 0 radical (unpaired) electrons. The predicted molar refractivity (Wildman–Crippen MR) is 72.7 cm³/mol. The van der Waals surface area contributed by atoms with E-state index >= 15 is 0 Å². The molecule has 1 unspecified atom stereocenters. The van der Waals surface area contributed by atoms with Crippen molar-refractivity contribution in [1.29, 1.82) is 0 Å². The number of ether oxygens (including phenoxy) is 1. The average molecular weight is 248 g/mol. The highest BCUT2D eigenvalue weighted by Crippen LogP contribution is 2.36. The van der Waals surface area contributed by atoms with Gasteiger partial charge in [0.15, 0.2) is 5.75 Å². The molecule has 4 nitrogen and oxygen atoms in total. The van der Waals surface area contributed by atoms with Crippen LogP contribution in [0.5, 0.6) is 5.75 Å². The number of hydrogen-bond donors (Lipinski definition) is 2. The molecule has 1 aromatic rings. The highest BCUT2D eigenvalue weighted by molar-refractivity contribution is 5.95. The number of nitrogens with two attached hydrogens (primary N) is 1. The van der Waals surface area contributed by atoms with E-state index in [9.17, 15) is 4.79 Å². The first-order valence-corrected chi connectivity index (χ1v) is 6.34. The molecule has 0 fully saturated rings. The monoisotopic (exact) mass is 248 g/mol. The molecule has 1 aliphatic heterocycles. The van der Waals surface area contributed by atoms with Crippen molar-refractivity contribution < 1.29 is 9.53 Å². The molecule has 0 saturated heterocycles. The van der Waals surface area contributed by atoms with E-state index in [1.165, 1.54) is 0 Å². The third-order valence-electron chi connectivity index (χ3n) is 2.89. The number of benzene rings is 1. The van der Waals surface area contributed by atoms with Crippen LogP contribution in [-0.2, 0) is 11.2 Å². The van der Waals surface area contributed by atoms with Crippen LogP contribution in [0.3, 0.4) is 0 Å². The van der Waals surface area contributed by atoms with E-state index in [1.807, 2.05) is 19.1 Å². The van der Waals surface area contributed by atoms with Crippen molar-refractivity contribution in [3.05, 3.63) is 17.7 Å². The molecular weight excluding hydrogens is 228 g/mol. The van der Waals surface area contributed by atoms with Crippen LogP contribution in [0.1, 0.15) is 32.8 Å². The summed E-state index contributed by atoms with van der Waals surface area (Å²) in [5, 5.41) is 2.86. The minimum Gasteiger partial charge on any atom is -0.486 e. The lowest BCUT2D eigenvalue weighted by Gasteiger charge is -2.15. The number of carbonyl (C=O) groups is 1. The molecule has 1 aliphatic rings. The molecule has 3 N–H and O–H groups in total. The Hall–Kier alpha value is -1.71. The SMILES string of the molecule is CC(C)Cc1cc(N)c2c(c1)NC(=O)CC(C)O2. The molecule has 2 rings (SSSR count). The summed E-state index contributed by atoms with van der Waals surface area (Å²) in [5.74, 6) is 1.12. The molecule has 0 bridgehead atoms. The molecule has 0 aliphatic carbocycles. The highest BCUT2D eigenvalue weighted by atomic mass is 16.5. The van der Waals surface area contributed by atoms with Crippen molar-refractivity contribution in [2.24, 2.45) is 5.92 Å². The van der Waals surface area contributed by atoms with Crippen LogP contribution in [0.4, 0.5) is 11.4 Å². The van der Waals surface area contributed by atoms with Crippen molar-refractivity contribution in [3.8, 4) is 5.75 Å². The summed E-state index contributed by atoms with van der Waals surface area (Å²) in [6.45, 7) is 6.17. The maximum absolute atomic E-state index is 11.7. The maximum atomic E-state index is 11.7. The fourth-order valence-corrected chi connectivity index (χ4v) is 2.23. The number of hydrogen-bond acceptors (Lipinski definition) is 3. The van der Waals surface area contributed by atoms with E-state index in [0.717, 1.165) is 12.0 Å². The molecule has 0 saturated carbocycles. The summed E-state index contributed by atoms with van der Waals surface area (Å²) < 4.78 is 5.71. The van der Waals surface area contributed by atoms with Gasteiger partial charge in [-0.25, -0.2) is 0 Å². The Kier molecular flexibility index (Phi) is 3.45. The second-order valence-corrected chi connectivity index (χ2v) is 5.34. The van der Waals surface area contributed by atoms with Gasteiger partial charge < -0.3 is 15.8 Å². The Bertz CT molecular complexity index is 469. The largest absolute Gasteiger partial charge is 0.486 e. The van der Waals surface area contributed by atoms with Gasteiger partial charge in [-0.05, 0) is 37.0 Å². The molecule has 0 aromatic heterocycles. The first-order chi connectivity index (χ1) is 8.45. The van der Waals surface area contributed by atoms with Crippen LogP contribution >= 0.6 is 0 Å². The zero-order valence-electron chi connectivity index (χ0n) is 11.1. The van der Waals surface area contributed by atoms with E-state index in [2.05, 4.69) is 19.2 Å². The predicted octanol–water partition coefficient (Wildman–Crippen LogP) is 2.58. The van der Waals surface area contributed by atoms with Crippen molar-refractivity contribution >= 4 is 17.3 Å². The molecule has 1 aromatic carbocycles. The van der Waals surface area contributed by atoms with Gasteiger partial charge in [0.25, 0.3) is 0 Å². The van der Waals surface area contributed by atoms with E-state index in [4.69, 9.17) is 10.5 Å². The number of nitrogens with one attached hydrogen (secondary N) is 1. The van der Waals surface area contributed by atoms with Crippen LogP contribution in [0, 0.1) is 5.92 Å². The fraction of sp³-hybridized carbons (Fsp3) is 0.500. The van der Waals surface area contributed by atoms with Gasteiger partial charge in [-0.15, -0.1) is 0 Å². The molecule has 1 amide bonds. The zero-order chi connectivity index (χ0) is 13.3. The van der Waals surface area contributed by atoms with E-state index < -0.39 is 0 Å². The Morgan fingerprint density at radius 2 is 2.22 bits per heavy atom. The zero-order valence-corrected chi connectivity index (χ0v) is 11.1. The van der Waals surface area contributed by atoms with Gasteiger partial charge >= 0.3 is 0 Å². The van der Waals surface area contributed by atoms with E-state index in [0.29, 0.717) is 29.5 Å². The Labute approximate surface area is 108 Å². The van der Waals surface area contributed by atoms with Gasteiger partial charge in [0.1, 0.15) is 6.10 Å². The second kappa shape index (κ2) is 4.88. The van der Waals surface area contributed by atoms with Gasteiger partial charge in [0.2, 0.25) is 5.91 Å². The molecule has 98 valence electrons. The third-order valence-corrected chi connectivity index (χ3v) is 2.89. The normalized spacial score (nSPS) is 18.9. The van der Waals surface area contributed by atoms with Crippen molar-refractivity contribution in [2.75, 3.05) is 11.1 Å². The summed E-state index contributed by atoms with van der Waals surface area (Å²) in [5.41, 5.74) is 8.43. The second-order valence-electron chi connectivity index (χ2n) is 5.34. The number of anilines is 2. The van der Waals surface area contributed by atoms with Gasteiger partial charge in [-0.3, -0.25) is 4.79 Å². The maximum Gasteiger partial charge on any atom is 0.228 e. The lowest BCUT2D eigenvalue weighted by atomic mass is 10.0. The van der Waals surface area contributed by atoms with Gasteiger partial charge in [0, 0.05) is 0 Å². The summed E-state index contributed by atoms with van der Waals surface area (Å²) in [4.78, 5) is 11.7. The number of fused-ring (bicyclic) bond motifs is 1. The molecule has 4 heteroatoms. The van der Waals surface area contributed by atoms with Crippen molar-refractivity contribution in [2.45, 2.75) is 39.7 Å². The fourth-order valence-electron chi connectivity index (χ4n) is 2.23. The topological polar surface area (TPSA) is 64.3 Å². The number of carbonyl (C=O) groups excluding carboxylic acids is 1. The number of rotatable bonds is 2. The summed E-state index contributed by atoms with van der Waals surface area (Å²) in [6.07, 6.45) is 1.14.